The molecule has 13 heteroatoms. The van der Waals surface area contributed by atoms with Gasteiger partial charge in [-0.05, 0) is 12.1 Å². The Kier molecular flexibility index (Phi) is 4.57. The van der Waals surface area contributed by atoms with Crippen LogP contribution in [0.3, 0.4) is 0 Å². The van der Waals surface area contributed by atoms with Gasteiger partial charge in [-0.3, -0.25) is 13.9 Å². The molecule has 136 valence electrons. The number of aromatic nitrogens is 2. The first-order valence-electron chi connectivity index (χ1n) is 6.12. The molecular formula is C12H7ClF4N2O5S. The van der Waals surface area contributed by atoms with E-state index in [0.717, 1.165) is 0 Å². The second-order valence-corrected chi connectivity index (χ2v) is 6.55. The third-order valence-electron chi connectivity index (χ3n) is 3.13. The number of rotatable bonds is 2. The topological polar surface area (TPSA) is 98.4 Å². The molecule has 0 radical (unpaired) electrons. The Morgan fingerprint density at radius 1 is 1.16 bits per heavy atom. The lowest BCUT2D eigenvalue weighted by Gasteiger charge is -2.14. The molecule has 0 atom stereocenters. The molecule has 0 aliphatic rings. The van der Waals surface area contributed by atoms with Crippen LogP contribution in [0.5, 0.6) is 0 Å². The first-order valence-corrected chi connectivity index (χ1v) is 7.94. The third kappa shape index (κ3) is 3.45. The van der Waals surface area contributed by atoms with Crippen LogP contribution in [0.25, 0.3) is 5.69 Å². The summed E-state index contributed by atoms with van der Waals surface area (Å²) in [6.45, 7) is 0. The van der Waals surface area contributed by atoms with Gasteiger partial charge in [0, 0.05) is 13.1 Å². The highest BCUT2D eigenvalue weighted by molar-refractivity contribution is 7.86. The van der Waals surface area contributed by atoms with E-state index >= 15 is 0 Å². The summed E-state index contributed by atoms with van der Waals surface area (Å²) < 4.78 is 83.8. The SMILES string of the molecule is Cn1c(C(F)(F)F)cc(=O)n(-c2cc(S(=O)(=O)O)c(Cl)cc2F)c1=O. The molecular weight excluding hydrogens is 396 g/mol. The van der Waals surface area contributed by atoms with Gasteiger partial charge in [-0.25, -0.2) is 13.8 Å². The van der Waals surface area contributed by atoms with Crippen LogP contribution >= 0.6 is 11.6 Å². The minimum atomic E-state index is -5.02. The van der Waals surface area contributed by atoms with Crippen LogP contribution < -0.4 is 11.2 Å². The predicted molar refractivity (Wildman–Crippen MR) is 77.1 cm³/mol. The molecule has 1 heterocycles. The van der Waals surface area contributed by atoms with Crippen molar-refractivity contribution in [2.75, 3.05) is 0 Å². The smallest absolute Gasteiger partial charge is 0.292 e. The molecule has 1 N–H and O–H groups in total. The van der Waals surface area contributed by atoms with Gasteiger partial charge in [0.15, 0.2) is 0 Å². The monoisotopic (exact) mass is 402 g/mol. The highest BCUT2D eigenvalue weighted by atomic mass is 35.5. The quantitative estimate of drug-likeness (QED) is 0.607. The Morgan fingerprint density at radius 3 is 2.20 bits per heavy atom. The summed E-state index contributed by atoms with van der Waals surface area (Å²) in [6, 6.07) is 0.801. The largest absolute Gasteiger partial charge is 0.431 e. The number of halogens is 5. The first kappa shape index (κ1) is 19.1. The fraction of sp³-hybridized carbons (Fsp3) is 0.167. The van der Waals surface area contributed by atoms with Crippen LogP contribution in [-0.4, -0.2) is 22.1 Å². The van der Waals surface area contributed by atoms with Gasteiger partial charge in [0.2, 0.25) is 0 Å². The Labute approximate surface area is 141 Å². The first-order chi connectivity index (χ1) is 11.2. The van der Waals surface area contributed by atoms with Gasteiger partial charge in [-0.1, -0.05) is 11.6 Å². The second kappa shape index (κ2) is 5.97. The maximum Gasteiger partial charge on any atom is 0.431 e. The highest BCUT2D eigenvalue weighted by Gasteiger charge is 2.35. The van der Waals surface area contributed by atoms with E-state index in [1.54, 1.807) is 0 Å². The van der Waals surface area contributed by atoms with Crippen LogP contribution in [-0.2, 0) is 23.3 Å². The zero-order chi connectivity index (χ0) is 19.3. The van der Waals surface area contributed by atoms with E-state index in [4.69, 9.17) is 16.2 Å². The van der Waals surface area contributed by atoms with Crippen LogP contribution in [0, 0.1) is 5.82 Å². The zero-order valence-electron chi connectivity index (χ0n) is 12.0. The Morgan fingerprint density at radius 2 is 1.72 bits per heavy atom. The van der Waals surface area contributed by atoms with E-state index in [0.29, 0.717) is 19.2 Å². The van der Waals surface area contributed by atoms with Gasteiger partial charge in [-0.2, -0.15) is 21.6 Å². The number of nitrogens with zero attached hydrogens (tertiary/aromatic N) is 2. The van der Waals surface area contributed by atoms with Crippen molar-refractivity contribution >= 4 is 21.7 Å². The molecule has 0 amide bonds. The molecule has 0 aliphatic carbocycles. The van der Waals surface area contributed by atoms with E-state index in [1.807, 2.05) is 0 Å². The summed E-state index contributed by atoms with van der Waals surface area (Å²) in [6.07, 6.45) is -5.02. The maximum atomic E-state index is 14.0. The molecule has 0 unspecified atom stereocenters. The Balaban J connectivity index is 2.92. The van der Waals surface area contributed by atoms with Crippen LogP contribution in [0.4, 0.5) is 17.6 Å². The van der Waals surface area contributed by atoms with E-state index in [9.17, 15) is 35.6 Å². The van der Waals surface area contributed by atoms with Gasteiger partial charge in [0.1, 0.15) is 16.4 Å². The van der Waals surface area contributed by atoms with Gasteiger partial charge in [0.05, 0.1) is 10.7 Å². The van der Waals surface area contributed by atoms with Gasteiger partial charge < -0.3 is 0 Å². The summed E-state index contributed by atoms with van der Waals surface area (Å²) in [5.74, 6) is -1.36. The van der Waals surface area contributed by atoms with Crippen molar-refractivity contribution in [3.63, 3.8) is 0 Å². The standard InChI is InChI=1S/C12H7ClF4N2O5S/c1-18-9(12(15,16)17)4-10(20)19(11(18)21)7-3-8(25(22,23)24)5(13)2-6(7)14/h2-4H,1H3,(H,22,23,24). The third-order valence-corrected chi connectivity index (χ3v) is 4.45. The fourth-order valence-corrected chi connectivity index (χ4v) is 3.02. The van der Waals surface area contributed by atoms with Crippen molar-refractivity contribution in [3.8, 4) is 5.69 Å². The zero-order valence-corrected chi connectivity index (χ0v) is 13.6. The van der Waals surface area contributed by atoms with Crippen LogP contribution in [0.1, 0.15) is 5.69 Å². The van der Waals surface area contributed by atoms with Crippen molar-refractivity contribution in [2.24, 2.45) is 7.05 Å². The van der Waals surface area contributed by atoms with Crippen molar-refractivity contribution < 1.29 is 30.5 Å². The summed E-state index contributed by atoms with van der Waals surface area (Å²) >= 11 is 5.47. The molecule has 0 saturated carbocycles. The molecule has 25 heavy (non-hydrogen) atoms. The average Bonchev–Trinajstić information content (AvgIpc) is 2.42. The van der Waals surface area contributed by atoms with E-state index in [2.05, 4.69) is 0 Å². The molecule has 2 aromatic rings. The second-order valence-electron chi connectivity index (χ2n) is 4.75. The van der Waals surface area contributed by atoms with Crippen molar-refractivity contribution in [1.29, 1.82) is 0 Å². The van der Waals surface area contributed by atoms with Crippen molar-refractivity contribution in [1.82, 2.24) is 9.13 Å². The molecule has 0 spiro atoms. The molecule has 7 nitrogen and oxygen atoms in total. The molecule has 0 fully saturated rings. The summed E-state index contributed by atoms with van der Waals surface area (Å²) in [4.78, 5) is 22.9. The Hall–Kier alpha value is -2.18. The van der Waals surface area contributed by atoms with Crippen molar-refractivity contribution in [2.45, 2.75) is 11.1 Å². The van der Waals surface area contributed by atoms with Gasteiger partial charge >= 0.3 is 11.9 Å². The lowest BCUT2D eigenvalue weighted by Crippen LogP contribution is -2.41. The summed E-state index contributed by atoms with van der Waals surface area (Å²) in [7, 11) is -4.26. The summed E-state index contributed by atoms with van der Waals surface area (Å²) in [5.41, 5.74) is -5.71. The minimum Gasteiger partial charge on any atom is -0.292 e. The average molecular weight is 403 g/mol. The van der Waals surface area contributed by atoms with Gasteiger partial charge in [0.25, 0.3) is 15.7 Å². The normalized spacial score (nSPS) is 12.4. The van der Waals surface area contributed by atoms with E-state index in [1.165, 1.54) is 0 Å². The van der Waals surface area contributed by atoms with Crippen LogP contribution in [0.2, 0.25) is 5.02 Å². The van der Waals surface area contributed by atoms with Crippen molar-refractivity contribution in [3.05, 3.63) is 55.6 Å². The lowest BCUT2D eigenvalue weighted by molar-refractivity contribution is -0.144. The maximum absolute atomic E-state index is 14.0. The summed E-state index contributed by atoms with van der Waals surface area (Å²) in [5, 5.41) is -0.750. The Bertz CT molecular complexity index is 1090. The van der Waals surface area contributed by atoms with Crippen LogP contribution in [0.15, 0.2) is 32.7 Å². The molecule has 1 aromatic carbocycles. The number of alkyl halides is 3. The number of hydrogen-bond acceptors (Lipinski definition) is 4. The number of hydrogen-bond donors (Lipinski definition) is 1. The molecule has 1 aromatic heterocycles. The molecule has 0 bridgehead atoms. The van der Waals surface area contributed by atoms with E-state index < -0.39 is 54.7 Å². The molecule has 0 saturated heterocycles. The minimum absolute atomic E-state index is 0.0183. The number of benzene rings is 1. The molecule has 2 rings (SSSR count). The van der Waals surface area contributed by atoms with E-state index in [-0.39, 0.29) is 15.2 Å². The lowest BCUT2D eigenvalue weighted by atomic mass is 10.3. The highest BCUT2D eigenvalue weighted by Crippen LogP contribution is 2.28. The van der Waals surface area contributed by atoms with Gasteiger partial charge in [-0.15, -0.1) is 0 Å². The fourth-order valence-electron chi connectivity index (χ4n) is 2.01. The predicted octanol–water partition coefficient (Wildman–Crippen LogP) is 1.59. The molecule has 0 aliphatic heterocycles.